The van der Waals surface area contributed by atoms with Crippen molar-refractivity contribution in [2.24, 2.45) is 0 Å². The van der Waals surface area contributed by atoms with Crippen molar-refractivity contribution in [3.05, 3.63) is 48.8 Å². The number of ether oxygens (including phenoxy) is 1. The largest absolute Gasteiger partial charge is 0.481 e. The van der Waals surface area contributed by atoms with Crippen LogP contribution in [0.25, 0.3) is 0 Å². The number of hydrogen-bond donors (Lipinski definition) is 1. The number of benzene rings is 1. The van der Waals surface area contributed by atoms with E-state index in [1.807, 2.05) is 37.3 Å². The number of hydrogen-bond acceptors (Lipinski definition) is 4. The van der Waals surface area contributed by atoms with E-state index in [2.05, 4.69) is 15.3 Å². The maximum Gasteiger partial charge on any atom is 0.267 e. The lowest BCUT2D eigenvalue weighted by molar-refractivity contribution is -0.122. The quantitative estimate of drug-likeness (QED) is 0.892. The lowest BCUT2D eigenvalue weighted by Gasteiger charge is -2.16. The predicted molar refractivity (Wildman–Crippen MR) is 71.8 cm³/mol. The van der Waals surface area contributed by atoms with Crippen LogP contribution in [-0.2, 0) is 4.79 Å². The van der Waals surface area contributed by atoms with E-state index < -0.39 is 6.10 Å². The first-order valence-corrected chi connectivity index (χ1v) is 6.09. The van der Waals surface area contributed by atoms with E-state index in [9.17, 15) is 4.79 Å². The molecule has 19 heavy (non-hydrogen) atoms. The van der Waals surface area contributed by atoms with Gasteiger partial charge >= 0.3 is 0 Å². The zero-order valence-corrected chi connectivity index (χ0v) is 10.6. The summed E-state index contributed by atoms with van der Waals surface area (Å²) < 4.78 is 5.63. The van der Waals surface area contributed by atoms with Crippen molar-refractivity contribution in [2.45, 2.75) is 19.4 Å². The molecule has 1 atom stereocenters. The van der Waals surface area contributed by atoms with Crippen molar-refractivity contribution in [2.75, 3.05) is 5.32 Å². The molecule has 98 valence electrons. The smallest absolute Gasteiger partial charge is 0.267 e. The van der Waals surface area contributed by atoms with Gasteiger partial charge in [-0.15, -0.1) is 0 Å². The van der Waals surface area contributed by atoms with E-state index in [1.54, 1.807) is 18.5 Å². The van der Waals surface area contributed by atoms with Crippen LogP contribution in [0.5, 0.6) is 5.75 Å². The number of amides is 1. The van der Waals surface area contributed by atoms with Crippen LogP contribution in [0.2, 0.25) is 0 Å². The van der Waals surface area contributed by atoms with Crippen molar-refractivity contribution >= 4 is 11.9 Å². The van der Waals surface area contributed by atoms with E-state index in [-0.39, 0.29) is 11.9 Å². The lowest BCUT2D eigenvalue weighted by atomic mass is 10.2. The molecule has 0 saturated carbocycles. The van der Waals surface area contributed by atoms with Gasteiger partial charge in [0.25, 0.3) is 5.91 Å². The standard InChI is InChI=1S/C14H15N3O2/c1-2-12(19-11-7-4-3-5-8-11)13(18)17-14-15-9-6-10-16-14/h3-10,12H,2H2,1H3,(H,15,16,17,18)/t12-/m0/s1. The Balaban J connectivity index is 2.00. The van der Waals surface area contributed by atoms with Crippen LogP contribution >= 0.6 is 0 Å². The minimum absolute atomic E-state index is 0.252. The highest BCUT2D eigenvalue weighted by atomic mass is 16.5. The first kappa shape index (κ1) is 13.0. The fraction of sp³-hybridized carbons (Fsp3) is 0.214. The maximum atomic E-state index is 12.0. The van der Waals surface area contributed by atoms with Crippen LogP contribution in [0.3, 0.4) is 0 Å². The Kier molecular flexibility index (Phi) is 4.44. The number of para-hydroxylation sites is 1. The molecule has 0 aliphatic heterocycles. The van der Waals surface area contributed by atoms with E-state index in [4.69, 9.17) is 4.74 Å². The first-order chi connectivity index (χ1) is 9.29. The van der Waals surface area contributed by atoms with Crippen molar-refractivity contribution in [1.82, 2.24) is 9.97 Å². The normalized spacial score (nSPS) is 11.6. The SMILES string of the molecule is CC[C@H](Oc1ccccc1)C(=O)Nc1ncccn1. The van der Waals surface area contributed by atoms with E-state index >= 15 is 0 Å². The van der Waals surface area contributed by atoms with Crippen molar-refractivity contribution < 1.29 is 9.53 Å². The maximum absolute atomic E-state index is 12.0. The van der Waals surface area contributed by atoms with Gasteiger partial charge in [-0.2, -0.15) is 0 Å². The highest BCUT2D eigenvalue weighted by molar-refractivity contribution is 5.92. The van der Waals surface area contributed by atoms with Crippen LogP contribution in [-0.4, -0.2) is 22.0 Å². The van der Waals surface area contributed by atoms with Gasteiger partial charge in [0.1, 0.15) is 5.75 Å². The number of anilines is 1. The molecule has 1 aromatic carbocycles. The molecular formula is C14H15N3O2. The van der Waals surface area contributed by atoms with Gasteiger partial charge in [0.05, 0.1) is 0 Å². The molecular weight excluding hydrogens is 242 g/mol. The van der Waals surface area contributed by atoms with Gasteiger partial charge in [0, 0.05) is 12.4 Å². The molecule has 0 aliphatic rings. The van der Waals surface area contributed by atoms with Crippen molar-refractivity contribution in [3.8, 4) is 5.75 Å². The second-order valence-electron chi connectivity index (χ2n) is 3.89. The number of nitrogens with zero attached hydrogens (tertiary/aromatic N) is 2. The summed E-state index contributed by atoms with van der Waals surface area (Å²) in [5.74, 6) is 0.693. The second kappa shape index (κ2) is 6.49. The van der Waals surface area contributed by atoms with Gasteiger partial charge in [0.15, 0.2) is 6.10 Å². The molecule has 0 fully saturated rings. The van der Waals surface area contributed by atoms with E-state index in [1.165, 1.54) is 0 Å². The monoisotopic (exact) mass is 257 g/mol. The number of rotatable bonds is 5. The Labute approximate surface area is 111 Å². The number of nitrogens with one attached hydrogen (secondary N) is 1. The molecule has 1 N–H and O–H groups in total. The Morgan fingerprint density at radius 2 is 1.89 bits per heavy atom. The summed E-state index contributed by atoms with van der Waals surface area (Å²) in [5.41, 5.74) is 0. The van der Waals surface area contributed by atoms with E-state index in [0.717, 1.165) is 0 Å². The molecule has 2 aromatic rings. The third kappa shape index (κ3) is 3.77. The van der Waals surface area contributed by atoms with Gasteiger partial charge in [0.2, 0.25) is 5.95 Å². The van der Waals surface area contributed by atoms with Crippen molar-refractivity contribution in [3.63, 3.8) is 0 Å². The van der Waals surface area contributed by atoms with Gasteiger partial charge in [-0.1, -0.05) is 25.1 Å². The van der Waals surface area contributed by atoms with Crippen LogP contribution in [0.15, 0.2) is 48.8 Å². The molecule has 0 unspecified atom stereocenters. The van der Waals surface area contributed by atoms with Gasteiger partial charge < -0.3 is 4.74 Å². The highest BCUT2D eigenvalue weighted by Crippen LogP contribution is 2.13. The first-order valence-electron chi connectivity index (χ1n) is 6.09. The molecule has 0 saturated heterocycles. The summed E-state index contributed by atoms with van der Waals surface area (Å²) in [6, 6.07) is 10.9. The fourth-order valence-electron chi connectivity index (χ4n) is 1.54. The summed E-state index contributed by atoms with van der Waals surface area (Å²) in [5, 5.41) is 2.63. The van der Waals surface area contributed by atoms with Crippen molar-refractivity contribution in [1.29, 1.82) is 0 Å². The molecule has 0 bridgehead atoms. The van der Waals surface area contributed by atoms with Gasteiger partial charge in [-0.25, -0.2) is 9.97 Å². The number of aromatic nitrogens is 2. The van der Waals surface area contributed by atoms with Gasteiger partial charge in [-0.3, -0.25) is 10.1 Å². The highest BCUT2D eigenvalue weighted by Gasteiger charge is 2.19. The third-order valence-electron chi connectivity index (χ3n) is 2.49. The molecule has 1 heterocycles. The van der Waals surface area contributed by atoms with Crippen LogP contribution < -0.4 is 10.1 Å². The van der Waals surface area contributed by atoms with E-state index in [0.29, 0.717) is 12.2 Å². The molecule has 2 rings (SSSR count). The van der Waals surface area contributed by atoms with Crippen LogP contribution in [0.1, 0.15) is 13.3 Å². The Bertz CT molecular complexity index is 517. The zero-order valence-electron chi connectivity index (χ0n) is 10.6. The number of carbonyl (C=O) groups is 1. The lowest BCUT2D eigenvalue weighted by Crippen LogP contribution is -2.32. The van der Waals surface area contributed by atoms with Crippen LogP contribution in [0, 0.1) is 0 Å². The molecule has 1 aromatic heterocycles. The molecule has 5 heteroatoms. The Morgan fingerprint density at radius 3 is 2.53 bits per heavy atom. The third-order valence-corrected chi connectivity index (χ3v) is 2.49. The summed E-state index contributed by atoms with van der Waals surface area (Å²) in [6.07, 6.45) is 3.14. The average Bonchev–Trinajstić information content (AvgIpc) is 2.47. The van der Waals surface area contributed by atoms with Crippen LogP contribution in [0.4, 0.5) is 5.95 Å². The Morgan fingerprint density at radius 1 is 1.21 bits per heavy atom. The van der Waals surface area contributed by atoms with Gasteiger partial charge in [-0.05, 0) is 24.6 Å². The fourth-order valence-corrected chi connectivity index (χ4v) is 1.54. The summed E-state index contributed by atoms with van der Waals surface area (Å²) in [4.78, 5) is 19.9. The summed E-state index contributed by atoms with van der Waals surface area (Å²) in [6.45, 7) is 1.89. The minimum Gasteiger partial charge on any atom is -0.481 e. The molecule has 0 spiro atoms. The summed E-state index contributed by atoms with van der Waals surface area (Å²) in [7, 11) is 0. The molecule has 5 nitrogen and oxygen atoms in total. The topological polar surface area (TPSA) is 64.1 Å². The zero-order chi connectivity index (χ0) is 13.5. The molecule has 1 amide bonds. The molecule has 0 aliphatic carbocycles. The molecule has 0 radical (unpaired) electrons. The minimum atomic E-state index is -0.564. The summed E-state index contributed by atoms with van der Waals surface area (Å²) >= 11 is 0. The Hall–Kier alpha value is -2.43. The second-order valence-corrected chi connectivity index (χ2v) is 3.89. The number of carbonyl (C=O) groups excluding carboxylic acids is 1. The average molecular weight is 257 g/mol. The predicted octanol–water partition coefficient (Wildman–Crippen LogP) is 2.27.